The van der Waals surface area contributed by atoms with Crippen LogP contribution in [0.2, 0.25) is 0 Å². The summed E-state index contributed by atoms with van der Waals surface area (Å²) in [5, 5.41) is 17.1. The van der Waals surface area contributed by atoms with Gasteiger partial charge in [-0.2, -0.15) is 4.58 Å². The molecular formula is C49H53N4O2S+. The molecule has 1 aromatic heterocycles. The maximum Gasteiger partial charge on any atom is 0.266 e. The normalized spacial score (nSPS) is 18.6. The van der Waals surface area contributed by atoms with E-state index in [1.807, 2.05) is 13.8 Å². The van der Waals surface area contributed by atoms with E-state index in [2.05, 4.69) is 136 Å². The van der Waals surface area contributed by atoms with E-state index in [4.69, 9.17) is 18.8 Å². The highest BCUT2D eigenvalue weighted by atomic mass is 32.1. The lowest BCUT2D eigenvalue weighted by atomic mass is 9.75. The van der Waals surface area contributed by atoms with E-state index < -0.39 is 0 Å². The van der Waals surface area contributed by atoms with Gasteiger partial charge in [-0.1, -0.05) is 81.1 Å². The summed E-state index contributed by atoms with van der Waals surface area (Å²) in [6.07, 6.45) is 5.87. The van der Waals surface area contributed by atoms with Gasteiger partial charge in [0, 0.05) is 53.6 Å². The van der Waals surface area contributed by atoms with Gasteiger partial charge in [-0.25, -0.2) is 0 Å². The monoisotopic (exact) mass is 761 g/mol. The lowest BCUT2D eigenvalue weighted by Crippen LogP contribution is -2.32. The van der Waals surface area contributed by atoms with Crippen molar-refractivity contribution >= 4 is 56.4 Å². The SMILES string of the molecule is C=C(C1=C(c2c(O)n(CC)c(=S)n(CC)c2=O)/C(=C/C=C2/N(CC)c3ccc4ccccc4c3C2(C)C)CC1)C1=[N+](CC)c2ccc3ccccc3c2C1(C)C. The third-order valence-corrected chi connectivity index (χ3v) is 13.2. The zero-order chi connectivity index (χ0) is 39.8. The molecule has 7 heteroatoms. The molecule has 1 N–H and O–H groups in total. The van der Waals surface area contributed by atoms with E-state index in [1.54, 1.807) is 9.13 Å². The van der Waals surface area contributed by atoms with Gasteiger partial charge in [0.25, 0.3) is 5.56 Å². The molecular weight excluding hydrogens is 709 g/mol. The molecule has 1 aliphatic carbocycles. The van der Waals surface area contributed by atoms with Crippen LogP contribution in [-0.4, -0.2) is 37.6 Å². The molecule has 6 nitrogen and oxygen atoms in total. The number of hydrogen-bond acceptors (Lipinski definition) is 4. The van der Waals surface area contributed by atoms with E-state index in [9.17, 15) is 9.90 Å². The van der Waals surface area contributed by atoms with Gasteiger partial charge in [0.15, 0.2) is 10.5 Å². The molecule has 0 fully saturated rings. The number of aromatic nitrogens is 2. The van der Waals surface area contributed by atoms with Crippen molar-refractivity contribution in [2.24, 2.45) is 0 Å². The number of hydrogen-bond donors (Lipinski definition) is 1. The average Bonchev–Trinajstić information content (AvgIpc) is 3.78. The Morgan fingerprint density at radius 3 is 2.05 bits per heavy atom. The van der Waals surface area contributed by atoms with E-state index in [0.717, 1.165) is 41.1 Å². The number of benzene rings is 4. The molecule has 0 radical (unpaired) electrons. The number of aromatic hydroxyl groups is 1. The molecule has 3 aliphatic rings. The van der Waals surface area contributed by atoms with Crippen LogP contribution < -0.4 is 10.5 Å². The molecule has 4 aromatic carbocycles. The molecule has 0 spiro atoms. The maximum absolute atomic E-state index is 14.6. The molecule has 8 rings (SSSR count). The van der Waals surface area contributed by atoms with Crippen molar-refractivity contribution in [1.29, 1.82) is 0 Å². The summed E-state index contributed by atoms with van der Waals surface area (Å²) in [5.41, 5.74) is 10.5. The molecule has 0 amide bonds. The second-order valence-electron chi connectivity index (χ2n) is 16.3. The van der Waals surface area contributed by atoms with Gasteiger partial charge in [-0.05, 0) is 129 Å². The first-order valence-corrected chi connectivity index (χ1v) is 20.6. The first-order valence-electron chi connectivity index (χ1n) is 20.2. The molecule has 0 atom stereocenters. The fourth-order valence-corrected chi connectivity index (χ4v) is 10.7. The summed E-state index contributed by atoms with van der Waals surface area (Å²) in [5.74, 6) is -0.0829. The molecule has 56 heavy (non-hydrogen) atoms. The van der Waals surface area contributed by atoms with Gasteiger partial charge in [0.1, 0.15) is 12.1 Å². The fraction of sp³-hybridized carbons (Fsp3) is 0.327. The predicted octanol–water partition coefficient (Wildman–Crippen LogP) is 11.3. The average molecular weight is 762 g/mol. The minimum atomic E-state index is -0.376. The van der Waals surface area contributed by atoms with E-state index >= 15 is 0 Å². The summed E-state index contributed by atoms with van der Waals surface area (Å²) >= 11 is 5.77. The zero-order valence-electron chi connectivity index (χ0n) is 34.1. The van der Waals surface area contributed by atoms with E-state index in [-0.39, 0.29) is 22.3 Å². The first kappa shape index (κ1) is 37.6. The summed E-state index contributed by atoms with van der Waals surface area (Å²) in [6.45, 7) is 24.8. The Balaban J connectivity index is 1.37. The molecule has 5 aromatic rings. The highest BCUT2D eigenvalue weighted by Gasteiger charge is 2.49. The van der Waals surface area contributed by atoms with Gasteiger partial charge in [-0.15, -0.1) is 0 Å². The van der Waals surface area contributed by atoms with Crippen molar-refractivity contribution in [1.82, 2.24) is 9.13 Å². The summed E-state index contributed by atoms with van der Waals surface area (Å²) < 4.78 is 6.03. The summed E-state index contributed by atoms with van der Waals surface area (Å²) in [7, 11) is 0. The highest BCUT2D eigenvalue weighted by molar-refractivity contribution is 7.71. The van der Waals surface area contributed by atoms with Crippen molar-refractivity contribution in [2.75, 3.05) is 18.0 Å². The molecule has 0 saturated carbocycles. The minimum Gasteiger partial charge on any atom is -0.494 e. The van der Waals surface area contributed by atoms with Crippen LogP contribution in [0.5, 0.6) is 5.88 Å². The zero-order valence-corrected chi connectivity index (χ0v) is 34.9. The molecule has 0 unspecified atom stereocenters. The minimum absolute atomic E-state index is 0.0829. The van der Waals surface area contributed by atoms with Crippen LogP contribution in [0.3, 0.4) is 0 Å². The van der Waals surface area contributed by atoms with Gasteiger partial charge >= 0.3 is 0 Å². The van der Waals surface area contributed by atoms with Gasteiger partial charge in [0.2, 0.25) is 11.6 Å². The Bertz CT molecular complexity index is 2770. The second kappa shape index (κ2) is 13.7. The lowest BCUT2D eigenvalue weighted by molar-refractivity contribution is -0.433. The maximum atomic E-state index is 14.6. The number of likely N-dealkylation sites (N-methyl/N-ethyl adjacent to an activating group) is 1. The quantitative estimate of drug-likeness (QED) is 0.126. The lowest BCUT2D eigenvalue weighted by Gasteiger charge is -2.26. The number of rotatable bonds is 8. The standard InChI is InChI=1S/C49H52N4O2S/c1-10-50-37-27-23-31-18-14-16-20-35(31)42(37)48(6,7)39(50)29-25-33-22-26-34(40(33)41-45(54)52(12-3)47(56)53(13-4)46(41)55)30(5)44-49(8,9)43-36-21-17-15-19-32(36)24-28-38(43)51(44)11-2/h14-21,23-25,27-29H,5,10-13,22,26H2,1-4,6-9H3/p+1/b33-25+,39-29+. The number of nitrogens with zero attached hydrogens (tertiary/aromatic N) is 4. The van der Waals surface area contributed by atoms with Gasteiger partial charge in [-0.3, -0.25) is 13.9 Å². The third-order valence-electron chi connectivity index (χ3n) is 12.7. The van der Waals surface area contributed by atoms with Crippen LogP contribution in [0.25, 0.3) is 27.1 Å². The number of allylic oxidation sites excluding steroid dienone is 7. The Hall–Kier alpha value is -5.27. The van der Waals surface area contributed by atoms with Gasteiger partial charge in [0.05, 0.1) is 5.41 Å². The van der Waals surface area contributed by atoms with Crippen LogP contribution in [-0.2, 0) is 23.9 Å². The van der Waals surface area contributed by atoms with Crippen molar-refractivity contribution < 1.29 is 9.68 Å². The summed E-state index contributed by atoms with van der Waals surface area (Å²) in [4.78, 5) is 17.1. The largest absolute Gasteiger partial charge is 0.494 e. The van der Waals surface area contributed by atoms with E-state index in [0.29, 0.717) is 36.3 Å². The molecule has 0 saturated heterocycles. The van der Waals surface area contributed by atoms with Crippen LogP contribution in [0, 0.1) is 4.77 Å². The van der Waals surface area contributed by atoms with Crippen molar-refractivity contribution in [3.8, 4) is 5.88 Å². The second-order valence-corrected chi connectivity index (χ2v) is 16.7. The molecule has 0 bridgehead atoms. The van der Waals surface area contributed by atoms with Crippen LogP contribution in [0.1, 0.15) is 84.9 Å². The smallest absolute Gasteiger partial charge is 0.266 e. The van der Waals surface area contributed by atoms with Gasteiger partial charge < -0.3 is 10.0 Å². The fourth-order valence-electron chi connectivity index (χ4n) is 10.2. The van der Waals surface area contributed by atoms with Crippen molar-refractivity contribution in [2.45, 2.75) is 92.2 Å². The predicted molar refractivity (Wildman–Crippen MR) is 236 cm³/mol. The topological polar surface area (TPSA) is 53.4 Å². The Morgan fingerprint density at radius 1 is 0.804 bits per heavy atom. The number of anilines is 1. The number of fused-ring (bicyclic) bond motifs is 6. The Kier molecular flexibility index (Phi) is 9.23. The van der Waals surface area contributed by atoms with Crippen LogP contribution in [0.15, 0.2) is 119 Å². The Labute approximate surface area is 335 Å². The van der Waals surface area contributed by atoms with Crippen LogP contribution in [0.4, 0.5) is 11.4 Å². The van der Waals surface area contributed by atoms with Crippen LogP contribution >= 0.6 is 12.2 Å². The van der Waals surface area contributed by atoms with E-state index in [1.165, 1.54) is 49.7 Å². The third kappa shape index (κ3) is 5.30. The summed E-state index contributed by atoms with van der Waals surface area (Å²) in [6, 6.07) is 26.2. The Morgan fingerprint density at radius 2 is 1.43 bits per heavy atom. The van der Waals surface area contributed by atoms with Crippen molar-refractivity contribution in [3.63, 3.8) is 0 Å². The first-order chi connectivity index (χ1) is 26.8. The molecule has 286 valence electrons. The molecule has 3 heterocycles. The highest BCUT2D eigenvalue weighted by Crippen LogP contribution is 2.52. The molecule has 2 aliphatic heterocycles. The van der Waals surface area contributed by atoms with Crippen molar-refractivity contribution in [3.05, 3.63) is 146 Å².